The number of alkyl halides is 1. The summed E-state index contributed by atoms with van der Waals surface area (Å²) in [4.78, 5) is 0.107. The minimum Gasteiger partial charge on any atom is -0.207 e. The van der Waals surface area contributed by atoms with Crippen LogP contribution in [-0.4, -0.2) is 6.26 Å². The molecular weight excluding hydrogens is 307 g/mol. The highest BCUT2D eigenvalue weighted by Gasteiger charge is 2.38. The molecule has 0 bridgehead atoms. The fraction of sp³-hybridized carbons (Fsp3) is 0.125. The summed E-state index contributed by atoms with van der Waals surface area (Å²) in [6, 6.07) is 14.1. The van der Waals surface area contributed by atoms with Crippen LogP contribution in [0, 0.1) is 5.82 Å². The first kappa shape index (κ1) is 14.3. The lowest BCUT2D eigenvalue weighted by atomic mass is 9.94. The number of benzene rings is 2. The van der Waals surface area contributed by atoms with Gasteiger partial charge in [-0.1, -0.05) is 35.9 Å². The van der Waals surface area contributed by atoms with Gasteiger partial charge < -0.3 is 0 Å². The van der Waals surface area contributed by atoms with Crippen molar-refractivity contribution in [1.29, 1.82) is 0 Å². The van der Waals surface area contributed by atoms with Gasteiger partial charge in [-0.3, -0.25) is 0 Å². The fourth-order valence-corrected chi connectivity index (χ4v) is 2.96. The molecular formula is C16H12ClFN2S. The Labute approximate surface area is 131 Å². The molecule has 0 saturated heterocycles. The summed E-state index contributed by atoms with van der Waals surface area (Å²) in [5.74, 6) is -0.282. The highest BCUT2D eigenvalue weighted by molar-refractivity contribution is 7.98. The smallest absolute Gasteiger partial charge is 0.207 e. The first-order chi connectivity index (χ1) is 10.1. The van der Waals surface area contributed by atoms with Crippen molar-refractivity contribution in [1.82, 2.24) is 0 Å². The van der Waals surface area contributed by atoms with Crippen molar-refractivity contribution >= 4 is 28.9 Å². The van der Waals surface area contributed by atoms with E-state index in [2.05, 4.69) is 10.2 Å². The molecule has 106 valence electrons. The van der Waals surface area contributed by atoms with Crippen molar-refractivity contribution in [3.8, 4) is 0 Å². The monoisotopic (exact) mass is 318 g/mol. The molecule has 2 aromatic rings. The van der Waals surface area contributed by atoms with E-state index in [-0.39, 0.29) is 5.82 Å². The quantitative estimate of drug-likeness (QED) is 0.420. The Bertz CT molecular complexity index is 710. The van der Waals surface area contributed by atoms with Crippen molar-refractivity contribution in [3.63, 3.8) is 0 Å². The molecule has 1 aliphatic rings. The maximum Gasteiger partial charge on any atom is 0.207 e. The molecule has 1 atom stereocenters. The molecule has 5 heteroatoms. The van der Waals surface area contributed by atoms with Gasteiger partial charge >= 0.3 is 0 Å². The Balaban J connectivity index is 2.00. The van der Waals surface area contributed by atoms with E-state index in [4.69, 9.17) is 11.6 Å². The highest BCUT2D eigenvalue weighted by atomic mass is 35.5. The minimum absolute atomic E-state index is 0.282. The van der Waals surface area contributed by atoms with E-state index in [9.17, 15) is 4.39 Å². The van der Waals surface area contributed by atoms with Crippen LogP contribution in [0.2, 0.25) is 0 Å². The zero-order valence-corrected chi connectivity index (χ0v) is 12.8. The van der Waals surface area contributed by atoms with Gasteiger partial charge in [0.15, 0.2) is 0 Å². The van der Waals surface area contributed by atoms with Crippen LogP contribution in [0.3, 0.4) is 0 Å². The van der Waals surface area contributed by atoms with Crippen molar-refractivity contribution in [3.05, 3.63) is 71.7 Å². The lowest BCUT2D eigenvalue weighted by Gasteiger charge is -2.22. The zero-order valence-electron chi connectivity index (χ0n) is 11.3. The molecule has 0 aliphatic carbocycles. The topological polar surface area (TPSA) is 24.7 Å². The van der Waals surface area contributed by atoms with Gasteiger partial charge in [-0.05, 0) is 36.1 Å². The maximum absolute atomic E-state index is 13.1. The van der Waals surface area contributed by atoms with Crippen LogP contribution < -0.4 is 0 Å². The summed E-state index contributed by atoms with van der Waals surface area (Å²) >= 11 is 8.37. The number of hydrogen-bond acceptors (Lipinski definition) is 3. The number of hydrogen-bond donors (Lipinski definition) is 0. The van der Waals surface area contributed by atoms with E-state index in [0.717, 1.165) is 21.6 Å². The molecule has 1 heterocycles. The maximum atomic E-state index is 13.1. The standard InChI is InChI=1S/C16H12ClFN2S/c1-21-14-8-4-12(5-9-14)16(17)15(10-19-20-16)11-2-6-13(18)7-3-11/h2-10H,1H3. The van der Waals surface area contributed by atoms with E-state index in [1.807, 2.05) is 30.5 Å². The first-order valence-corrected chi connectivity index (χ1v) is 7.96. The molecule has 0 spiro atoms. The second kappa shape index (κ2) is 5.62. The number of rotatable bonds is 3. The number of thioether (sulfide) groups is 1. The third-order valence-corrected chi connectivity index (χ3v) is 4.61. The van der Waals surface area contributed by atoms with Gasteiger partial charge in [0.1, 0.15) is 5.82 Å². The largest absolute Gasteiger partial charge is 0.207 e. The summed E-state index contributed by atoms with van der Waals surface area (Å²) in [6.07, 6.45) is 3.65. The molecule has 1 aliphatic heterocycles. The van der Waals surface area contributed by atoms with Gasteiger partial charge in [0.25, 0.3) is 0 Å². The Morgan fingerprint density at radius 1 is 1.05 bits per heavy atom. The van der Waals surface area contributed by atoms with E-state index < -0.39 is 5.00 Å². The third kappa shape index (κ3) is 2.61. The van der Waals surface area contributed by atoms with E-state index in [0.29, 0.717) is 0 Å². The van der Waals surface area contributed by atoms with Crippen LogP contribution in [0.25, 0.3) is 5.57 Å². The van der Waals surface area contributed by atoms with Crippen LogP contribution in [0.15, 0.2) is 69.9 Å². The van der Waals surface area contributed by atoms with Gasteiger partial charge in [0.2, 0.25) is 5.00 Å². The van der Waals surface area contributed by atoms with Gasteiger partial charge in [-0.2, -0.15) is 10.2 Å². The molecule has 3 rings (SSSR count). The van der Waals surface area contributed by atoms with E-state index in [1.54, 1.807) is 30.1 Å². The Hall–Kier alpha value is -1.65. The van der Waals surface area contributed by atoms with Gasteiger partial charge in [-0.25, -0.2) is 4.39 Å². The van der Waals surface area contributed by atoms with Gasteiger partial charge in [0, 0.05) is 16.0 Å². The van der Waals surface area contributed by atoms with Crippen LogP contribution in [0.4, 0.5) is 4.39 Å². The third-order valence-electron chi connectivity index (χ3n) is 3.37. The highest BCUT2D eigenvalue weighted by Crippen LogP contribution is 2.47. The molecule has 0 saturated carbocycles. The van der Waals surface area contributed by atoms with Gasteiger partial charge in [-0.15, -0.1) is 11.8 Å². The normalized spacial score (nSPS) is 20.6. The summed E-state index contributed by atoms with van der Waals surface area (Å²) in [6.45, 7) is 0. The molecule has 0 radical (unpaired) electrons. The average molecular weight is 319 g/mol. The van der Waals surface area contributed by atoms with Gasteiger partial charge in [0.05, 0.1) is 6.20 Å². The molecule has 0 fully saturated rings. The van der Waals surface area contributed by atoms with E-state index in [1.165, 1.54) is 12.1 Å². The summed E-state index contributed by atoms with van der Waals surface area (Å²) < 4.78 is 13.1. The van der Waals surface area contributed by atoms with Crippen molar-refractivity contribution in [2.24, 2.45) is 10.2 Å². The molecule has 2 nitrogen and oxygen atoms in total. The number of nitrogens with zero attached hydrogens (tertiary/aromatic N) is 2. The summed E-state index contributed by atoms with van der Waals surface area (Å²) in [5.41, 5.74) is 2.41. The second-order valence-electron chi connectivity index (χ2n) is 4.62. The predicted octanol–water partition coefficient (Wildman–Crippen LogP) is 5.45. The predicted molar refractivity (Wildman–Crippen MR) is 85.0 cm³/mol. The van der Waals surface area contributed by atoms with Crippen molar-refractivity contribution in [2.75, 3.05) is 6.26 Å². The second-order valence-corrected chi connectivity index (χ2v) is 6.04. The first-order valence-electron chi connectivity index (χ1n) is 6.35. The summed E-state index contributed by atoms with van der Waals surface area (Å²) in [7, 11) is 0. The summed E-state index contributed by atoms with van der Waals surface area (Å²) in [5, 5.41) is 8.14. The van der Waals surface area contributed by atoms with Crippen LogP contribution in [-0.2, 0) is 5.00 Å². The minimum atomic E-state index is -1.05. The average Bonchev–Trinajstić information content (AvgIpc) is 2.91. The SMILES string of the molecule is CSc1ccc(C2(Cl)N=NC=C2c2ccc(F)cc2)cc1. The molecule has 1 unspecified atom stereocenters. The van der Waals surface area contributed by atoms with Crippen LogP contribution >= 0.6 is 23.4 Å². The Morgan fingerprint density at radius 3 is 2.33 bits per heavy atom. The Kier molecular flexibility index (Phi) is 3.83. The number of halogens is 2. The van der Waals surface area contributed by atoms with Crippen molar-refractivity contribution in [2.45, 2.75) is 9.89 Å². The Morgan fingerprint density at radius 2 is 1.71 bits per heavy atom. The zero-order chi connectivity index (χ0) is 14.9. The molecule has 0 N–H and O–H groups in total. The lowest BCUT2D eigenvalue weighted by Crippen LogP contribution is -2.15. The lowest BCUT2D eigenvalue weighted by molar-refractivity contribution is 0.627. The van der Waals surface area contributed by atoms with E-state index >= 15 is 0 Å². The molecule has 2 aromatic carbocycles. The van der Waals surface area contributed by atoms with Crippen LogP contribution in [0.1, 0.15) is 11.1 Å². The molecule has 21 heavy (non-hydrogen) atoms. The molecule has 0 aromatic heterocycles. The fourth-order valence-electron chi connectivity index (χ4n) is 2.23. The van der Waals surface area contributed by atoms with Crippen LogP contribution in [0.5, 0.6) is 0 Å². The van der Waals surface area contributed by atoms with Crippen molar-refractivity contribution < 1.29 is 4.39 Å². The molecule has 0 amide bonds. The number of azo groups is 1.